The van der Waals surface area contributed by atoms with Gasteiger partial charge in [-0.15, -0.1) is 0 Å². The van der Waals surface area contributed by atoms with Gasteiger partial charge in [-0.3, -0.25) is 9.48 Å². The van der Waals surface area contributed by atoms with E-state index in [1.165, 1.54) is 0 Å². The van der Waals surface area contributed by atoms with E-state index in [9.17, 15) is 4.79 Å². The van der Waals surface area contributed by atoms with Crippen molar-refractivity contribution in [3.05, 3.63) is 16.4 Å². The normalized spacial score (nSPS) is 10.6. The number of nitrogens with zero attached hydrogens (tertiary/aromatic N) is 2. The van der Waals surface area contributed by atoms with Crippen molar-refractivity contribution in [3.63, 3.8) is 0 Å². The third kappa shape index (κ3) is 3.14. The van der Waals surface area contributed by atoms with E-state index in [0.29, 0.717) is 18.8 Å². The number of hydrogen-bond acceptors (Lipinski definition) is 3. The molecule has 0 fully saturated rings. The predicted octanol–water partition coefficient (Wildman–Crippen LogP) is 2.27. The van der Waals surface area contributed by atoms with Crippen LogP contribution in [0.25, 0.3) is 0 Å². The number of ketones is 1. The third-order valence-electron chi connectivity index (χ3n) is 1.94. The van der Waals surface area contributed by atoms with Crippen molar-refractivity contribution in [1.29, 1.82) is 0 Å². The molecule has 0 N–H and O–H groups in total. The maximum Gasteiger partial charge on any atom is 0.207 e. The Labute approximate surface area is 97.7 Å². The van der Waals surface area contributed by atoms with Gasteiger partial charge < -0.3 is 4.74 Å². The lowest BCUT2D eigenvalue weighted by atomic mass is 10.3. The average Bonchev–Trinajstić information content (AvgIpc) is 2.59. The van der Waals surface area contributed by atoms with Crippen LogP contribution in [0.3, 0.4) is 0 Å². The molecule has 1 aromatic rings. The summed E-state index contributed by atoms with van der Waals surface area (Å²) in [5.41, 5.74) is 0.591. The monoisotopic (exact) mass is 274 g/mol. The minimum absolute atomic E-state index is 0.0327. The highest BCUT2D eigenvalue weighted by atomic mass is 79.9. The van der Waals surface area contributed by atoms with Crippen LogP contribution in [0.5, 0.6) is 0 Å². The van der Waals surface area contributed by atoms with Crippen LogP contribution in [0.1, 0.15) is 30.8 Å². The fourth-order valence-corrected chi connectivity index (χ4v) is 1.77. The Morgan fingerprint density at radius 3 is 2.93 bits per heavy atom. The molecular weight excluding hydrogens is 260 g/mol. The second-order valence-corrected chi connectivity index (χ2v) is 3.99. The van der Waals surface area contributed by atoms with Crippen molar-refractivity contribution in [2.24, 2.45) is 0 Å². The fourth-order valence-electron chi connectivity index (χ4n) is 1.26. The minimum Gasteiger partial charge on any atom is -0.373 e. The molecule has 1 heterocycles. The number of halogens is 1. The number of ether oxygens (including phenoxy) is 1. The lowest BCUT2D eigenvalue weighted by Crippen LogP contribution is -2.15. The van der Waals surface area contributed by atoms with E-state index in [1.54, 1.807) is 10.9 Å². The van der Waals surface area contributed by atoms with E-state index >= 15 is 0 Å². The quantitative estimate of drug-likeness (QED) is 0.591. The zero-order valence-corrected chi connectivity index (χ0v) is 10.6. The molecule has 0 spiro atoms. The van der Waals surface area contributed by atoms with E-state index < -0.39 is 0 Å². The molecule has 0 aliphatic heterocycles. The maximum absolute atomic E-state index is 11.8. The maximum atomic E-state index is 11.8. The molecule has 0 saturated heterocycles. The number of aromatic nitrogens is 2. The van der Waals surface area contributed by atoms with Gasteiger partial charge >= 0.3 is 0 Å². The van der Waals surface area contributed by atoms with Gasteiger partial charge in [0.1, 0.15) is 12.3 Å². The van der Waals surface area contributed by atoms with Gasteiger partial charge in [-0.2, -0.15) is 5.10 Å². The summed E-state index contributed by atoms with van der Waals surface area (Å²) in [4.78, 5) is 11.8. The van der Waals surface area contributed by atoms with Gasteiger partial charge in [0.15, 0.2) is 0 Å². The summed E-state index contributed by atoms with van der Waals surface area (Å²) in [6.45, 7) is 5.38. The third-order valence-corrected chi connectivity index (χ3v) is 2.52. The van der Waals surface area contributed by atoms with Crippen LogP contribution in [0.15, 0.2) is 10.7 Å². The van der Waals surface area contributed by atoms with Crippen molar-refractivity contribution >= 4 is 21.7 Å². The smallest absolute Gasteiger partial charge is 0.207 e. The van der Waals surface area contributed by atoms with Gasteiger partial charge in [0.2, 0.25) is 5.78 Å². The number of carbonyl (C=O) groups is 1. The molecule has 0 amide bonds. The topological polar surface area (TPSA) is 44.1 Å². The molecule has 0 aliphatic rings. The van der Waals surface area contributed by atoms with Crippen molar-refractivity contribution in [2.45, 2.75) is 26.8 Å². The minimum atomic E-state index is -0.0327. The zero-order chi connectivity index (χ0) is 11.3. The van der Waals surface area contributed by atoms with Crippen molar-refractivity contribution in [3.8, 4) is 0 Å². The summed E-state index contributed by atoms with van der Waals surface area (Å²) < 4.78 is 7.61. The van der Waals surface area contributed by atoms with Crippen molar-refractivity contribution in [2.75, 3.05) is 13.2 Å². The van der Waals surface area contributed by atoms with Gasteiger partial charge in [0.25, 0.3) is 0 Å². The summed E-state index contributed by atoms with van der Waals surface area (Å²) in [5.74, 6) is -0.0327. The zero-order valence-electron chi connectivity index (χ0n) is 8.99. The van der Waals surface area contributed by atoms with E-state index in [2.05, 4.69) is 21.0 Å². The Bertz CT molecular complexity index is 336. The van der Waals surface area contributed by atoms with Gasteiger partial charge in [0, 0.05) is 13.2 Å². The van der Waals surface area contributed by atoms with Gasteiger partial charge in [0.05, 0.1) is 10.7 Å². The first kappa shape index (κ1) is 12.4. The van der Waals surface area contributed by atoms with Gasteiger partial charge in [-0.25, -0.2) is 0 Å². The molecule has 4 nitrogen and oxygen atoms in total. The van der Waals surface area contributed by atoms with E-state index in [4.69, 9.17) is 4.74 Å². The highest BCUT2D eigenvalue weighted by Crippen LogP contribution is 2.16. The van der Waals surface area contributed by atoms with Crippen molar-refractivity contribution in [1.82, 2.24) is 9.78 Å². The molecule has 84 valence electrons. The standard InChI is InChI=1S/C10H15BrN2O2/c1-3-5-15-7-9(14)10-8(11)6-12-13(10)4-2/h6H,3-5,7H2,1-2H3. The van der Waals surface area contributed by atoms with Crippen LogP contribution < -0.4 is 0 Å². The molecule has 15 heavy (non-hydrogen) atoms. The first-order valence-corrected chi connectivity index (χ1v) is 5.82. The first-order valence-electron chi connectivity index (χ1n) is 5.02. The summed E-state index contributed by atoms with van der Waals surface area (Å²) in [6.07, 6.45) is 2.55. The van der Waals surface area contributed by atoms with Crippen LogP contribution in [0.4, 0.5) is 0 Å². The summed E-state index contributed by atoms with van der Waals surface area (Å²) in [5, 5.41) is 4.08. The lowest BCUT2D eigenvalue weighted by molar-refractivity contribution is 0.0750. The molecule has 5 heteroatoms. The lowest BCUT2D eigenvalue weighted by Gasteiger charge is -2.05. The van der Waals surface area contributed by atoms with Crippen molar-refractivity contribution < 1.29 is 9.53 Å². The second-order valence-electron chi connectivity index (χ2n) is 3.13. The fraction of sp³-hybridized carbons (Fsp3) is 0.600. The highest BCUT2D eigenvalue weighted by Gasteiger charge is 2.15. The number of rotatable bonds is 6. The number of aryl methyl sites for hydroxylation is 1. The van der Waals surface area contributed by atoms with Gasteiger partial charge in [-0.05, 0) is 29.3 Å². The number of hydrogen-bond donors (Lipinski definition) is 0. The molecule has 0 unspecified atom stereocenters. The van der Waals surface area contributed by atoms with Crippen LogP contribution in [0.2, 0.25) is 0 Å². The summed E-state index contributed by atoms with van der Waals surface area (Å²) in [6, 6.07) is 0. The summed E-state index contributed by atoms with van der Waals surface area (Å²) >= 11 is 3.31. The second kappa shape index (κ2) is 6.02. The number of Topliss-reactive ketones (excluding diaryl/α,β-unsaturated/α-hetero) is 1. The Morgan fingerprint density at radius 1 is 1.60 bits per heavy atom. The molecule has 0 radical (unpaired) electrons. The molecule has 0 aromatic carbocycles. The molecule has 0 aliphatic carbocycles. The Kier molecular flexibility index (Phi) is 4.98. The summed E-state index contributed by atoms with van der Waals surface area (Å²) in [7, 11) is 0. The van der Waals surface area contributed by atoms with Crippen LogP contribution >= 0.6 is 15.9 Å². The molecule has 0 atom stereocenters. The van der Waals surface area contributed by atoms with Crippen LogP contribution in [-0.2, 0) is 11.3 Å². The van der Waals surface area contributed by atoms with E-state index in [-0.39, 0.29) is 12.4 Å². The average molecular weight is 275 g/mol. The first-order chi connectivity index (χ1) is 7.20. The van der Waals surface area contributed by atoms with Crippen LogP contribution in [0, 0.1) is 0 Å². The molecule has 1 rings (SSSR count). The molecular formula is C10H15BrN2O2. The van der Waals surface area contributed by atoms with E-state index in [0.717, 1.165) is 10.9 Å². The molecule has 1 aromatic heterocycles. The predicted molar refractivity (Wildman–Crippen MR) is 61.0 cm³/mol. The van der Waals surface area contributed by atoms with E-state index in [1.807, 2.05) is 13.8 Å². The highest BCUT2D eigenvalue weighted by molar-refractivity contribution is 9.10. The number of carbonyl (C=O) groups excluding carboxylic acids is 1. The Hall–Kier alpha value is -0.680. The largest absolute Gasteiger partial charge is 0.373 e. The molecule has 0 bridgehead atoms. The Morgan fingerprint density at radius 2 is 2.33 bits per heavy atom. The molecule has 0 saturated carbocycles. The van der Waals surface area contributed by atoms with Crippen LogP contribution in [-0.4, -0.2) is 28.8 Å². The van der Waals surface area contributed by atoms with Gasteiger partial charge in [-0.1, -0.05) is 6.92 Å². The Balaban J connectivity index is 2.67. The SMILES string of the molecule is CCCOCC(=O)c1c(Br)cnn1CC.